The van der Waals surface area contributed by atoms with Crippen LogP contribution in [0.2, 0.25) is 0 Å². The average Bonchev–Trinajstić information content (AvgIpc) is 3.42. The molecule has 10 rings (SSSR count). The smallest absolute Gasteiger partial charge is 0.0190 e. The van der Waals surface area contributed by atoms with E-state index >= 15 is 0 Å². The molecule has 0 saturated heterocycles. The number of rotatable bonds is 4. The molecule has 6 heteroatoms. The summed E-state index contributed by atoms with van der Waals surface area (Å²) in [4.78, 5) is 17.6. The van der Waals surface area contributed by atoms with Gasteiger partial charge in [0.05, 0.1) is 0 Å². The van der Waals surface area contributed by atoms with Crippen LogP contribution in [-0.4, -0.2) is 19.9 Å². The van der Waals surface area contributed by atoms with Gasteiger partial charge in [-0.2, -0.15) is 0 Å². The summed E-state index contributed by atoms with van der Waals surface area (Å²) in [6.07, 6.45) is 7.46. The minimum atomic E-state index is 0. The maximum atomic E-state index is 5.00. The van der Waals surface area contributed by atoms with Gasteiger partial charge in [0.1, 0.15) is 0 Å². The van der Waals surface area contributed by atoms with Crippen molar-refractivity contribution in [1.82, 2.24) is 19.9 Å². The van der Waals surface area contributed by atoms with Gasteiger partial charge in [-0.15, -0.1) is 142 Å². The third-order valence-electron chi connectivity index (χ3n) is 9.81. The molecule has 4 aromatic heterocycles. The van der Waals surface area contributed by atoms with Gasteiger partial charge in [-0.25, -0.2) is 0 Å². The van der Waals surface area contributed by atoms with Crippen LogP contribution in [0.25, 0.3) is 66.6 Å². The van der Waals surface area contributed by atoms with Crippen LogP contribution in [0, 0.1) is 58.9 Å². The first-order valence-corrected chi connectivity index (χ1v) is 20.3. The predicted octanol–water partition coefficient (Wildman–Crippen LogP) is 16.0. The molecule has 0 atom stereocenters. The van der Waals surface area contributed by atoms with E-state index in [2.05, 4.69) is 132 Å². The molecular weight excluding hydrogens is 1130 g/mol. The van der Waals surface area contributed by atoms with E-state index in [1.54, 1.807) is 0 Å². The van der Waals surface area contributed by atoms with Crippen molar-refractivity contribution in [3.05, 3.63) is 241 Å². The van der Waals surface area contributed by atoms with Crippen LogP contribution in [0.1, 0.15) is 45.4 Å². The second-order valence-electron chi connectivity index (χ2n) is 14.8. The summed E-state index contributed by atoms with van der Waals surface area (Å²) < 4.78 is 40.0. The normalized spacial score (nSPS) is 10.6. The molecular formula is C57H62Ir2N4-4. The fourth-order valence-corrected chi connectivity index (χ4v) is 6.64. The molecule has 0 aliphatic heterocycles. The molecule has 0 N–H and O–H groups in total. The van der Waals surface area contributed by atoms with Crippen molar-refractivity contribution in [3.63, 3.8) is 0 Å². The van der Waals surface area contributed by atoms with Crippen molar-refractivity contribution < 1.29 is 57.8 Å². The van der Waals surface area contributed by atoms with Crippen molar-refractivity contribution in [2.24, 2.45) is 0 Å². The molecule has 332 valence electrons. The first-order valence-electron chi connectivity index (χ1n) is 24.3. The van der Waals surface area contributed by atoms with E-state index in [0.29, 0.717) is 0 Å². The Hall–Kier alpha value is -6.26. The van der Waals surface area contributed by atoms with Gasteiger partial charge in [-0.05, 0) is 81.4 Å². The molecule has 63 heavy (non-hydrogen) atoms. The topological polar surface area (TPSA) is 51.6 Å². The summed E-state index contributed by atoms with van der Waals surface area (Å²) >= 11 is 0. The molecule has 2 radical (unpaired) electrons. The van der Waals surface area contributed by atoms with E-state index in [0.717, 1.165) is 45.0 Å². The number of benzene rings is 6. The molecule has 0 bridgehead atoms. The minimum absolute atomic E-state index is 0. The molecule has 0 amide bonds. The summed E-state index contributed by atoms with van der Waals surface area (Å²) in [5.74, 6) is 0. The van der Waals surface area contributed by atoms with Crippen LogP contribution in [-0.2, 0) is 40.2 Å². The molecule has 10 aromatic rings. The molecule has 0 aliphatic carbocycles. The first kappa shape index (κ1) is 42.1. The number of aryl methyl sites for hydroxylation is 5. The number of fused-ring (bicyclic) bond motifs is 2. The zero-order valence-electron chi connectivity index (χ0n) is 43.9. The maximum absolute atomic E-state index is 5.00. The van der Waals surface area contributed by atoms with Gasteiger partial charge < -0.3 is 19.9 Å². The Kier molecular flexibility index (Phi) is 15.9. The van der Waals surface area contributed by atoms with E-state index in [1.165, 1.54) is 49.4 Å². The fraction of sp³-hybridized carbons (Fsp3) is 0.0877. The number of hydrogen-bond donors (Lipinski definition) is 0. The van der Waals surface area contributed by atoms with Crippen molar-refractivity contribution >= 4 is 21.5 Å². The van der Waals surface area contributed by atoms with E-state index in [9.17, 15) is 0 Å². The molecule has 0 saturated carbocycles. The molecule has 0 unspecified atom stereocenters. The van der Waals surface area contributed by atoms with Gasteiger partial charge in [0.2, 0.25) is 0 Å². The van der Waals surface area contributed by atoms with Crippen LogP contribution in [0.5, 0.6) is 0 Å². The van der Waals surface area contributed by atoms with Gasteiger partial charge in [-0.3, -0.25) is 0 Å². The predicted molar refractivity (Wildman–Crippen MR) is 270 cm³/mol. The van der Waals surface area contributed by atoms with E-state index in [1.807, 2.05) is 136 Å². The van der Waals surface area contributed by atoms with Crippen LogP contribution in [0.3, 0.4) is 0 Å². The Morgan fingerprint density at radius 3 is 1.21 bits per heavy atom. The fourth-order valence-electron chi connectivity index (χ4n) is 6.64. The van der Waals surface area contributed by atoms with Crippen LogP contribution in [0.4, 0.5) is 0 Å². The minimum Gasteiger partial charge on any atom is -0.304 e. The number of hydrogen-bond acceptors (Lipinski definition) is 4. The second kappa shape index (κ2) is 23.8. The summed E-state index contributed by atoms with van der Waals surface area (Å²) in [6.45, 7) is 10.3. The summed E-state index contributed by atoms with van der Waals surface area (Å²) in [6, 6.07) is 67.9. The van der Waals surface area contributed by atoms with E-state index in [4.69, 9.17) is 11.9 Å². The molecule has 4 nitrogen and oxygen atoms in total. The molecule has 0 aliphatic rings. The molecule has 6 aromatic carbocycles. The molecule has 0 fully saturated rings. The van der Waals surface area contributed by atoms with Crippen molar-refractivity contribution in [2.45, 2.75) is 34.6 Å². The Balaban J connectivity index is -0.000000419. The van der Waals surface area contributed by atoms with Gasteiger partial charge in [0.15, 0.2) is 0 Å². The standard InChI is InChI=1S/2C16H12N.C13H12N.C12H10N.2Ir.8H2/c2*1-12-5-4-7-14(11-12)16-15-8-3-2-6-13(15)9-10-17-16;1-10-4-3-5-12(8-10)13-7-6-11(2)9-14-13;1-10-7-8-12(13-9-10)11-5-3-2-4-6-11;;;;;;;;;;/h2*2-6,8-11H,1H3;3-4,6-9H,1-2H3;2-5,7-9H,1H3;;;8*1H/q4*-1;;;;;;;;;;/i;;;;;;4*1+1D;4*1+1. The van der Waals surface area contributed by atoms with Crippen LogP contribution >= 0.6 is 0 Å². The van der Waals surface area contributed by atoms with Gasteiger partial charge in [0, 0.05) is 82.6 Å². The maximum Gasteiger partial charge on any atom is 0.0190 e. The zero-order valence-corrected chi connectivity index (χ0v) is 40.6. The van der Waals surface area contributed by atoms with E-state index in [-0.39, 0.29) is 45.9 Å². The largest absolute Gasteiger partial charge is 0.304 e. The third kappa shape index (κ3) is 13.4. The van der Waals surface area contributed by atoms with Crippen molar-refractivity contribution in [2.75, 3.05) is 0 Å². The SMILES string of the molecule is Cc1cc[c-]c(-c2nccc3ccccc23)c1.Cc1cc[c-]c(-c2nccc3ccccc23)c1.Cc1ccc(-c2[c-]ccc(C)c2)nc1.Cc1ccc(-c2[c-]cccc2)nc1.[2HH].[2HH].[2HH].[2HH].[2H][2H].[2H][2H].[2H][2H].[2H][2H].[Ir].[Ir]. The van der Waals surface area contributed by atoms with Crippen LogP contribution in [0.15, 0.2) is 189 Å². The van der Waals surface area contributed by atoms with Crippen molar-refractivity contribution in [1.29, 1.82) is 0 Å². The number of nitrogens with zero attached hydrogens (tertiary/aromatic N) is 4. The zero-order chi connectivity index (χ0) is 50.4. The Morgan fingerprint density at radius 2 is 0.778 bits per heavy atom. The number of pyridine rings is 4. The summed E-state index contributed by atoms with van der Waals surface area (Å²) in [5.41, 5.74) is 14.3. The quantitative estimate of drug-likeness (QED) is 0.165. The Morgan fingerprint density at radius 1 is 0.365 bits per heavy atom. The monoisotopic (exact) mass is 1200 g/mol. The molecule has 4 heterocycles. The van der Waals surface area contributed by atoms with Gasteiger partial charge >= 0.3 is 0 Å². The number of aromatic nitrogens is 4. The van der Waals surface area contributed by atoms with Gasteiger partial charge in [0.25, 0.3) is 0 Å². The average molecular weight is 1200 g/mol. The van der Waals surface area contributed by atoms with Gasteiger partial charge in [-0.1, -0.05) is 93.6 Å². The summed E-state index contributed by atoms with van der Waals surface area (Å²) in [5, 5.41) is 4.79. The van der Waals surface area contributed by atoms with Crippen molar-refractivity contribution in [3.8, 4) is 45.0 Å². The Labute approximate surface area is 417 Å². The van der Waals surface area contributed by atoms with Crippen LogP contribution < -0.4 is 0 Å². The first-order chi connectivity index (χ1) is 33.8. The Bertz CT molecular complexity index is 2890. The second-order valence-corrected chi connectivity index (χ2v) is 14.8. The molecule has 0 spiro atoms. The third-order valence-corrected chi connectivity index (χ3v) is 9.81. The van der Waals surface area contributed by atoms with E-state index < -0.39 is 0 Å². The summed E-state index contributed by atoms with van der Waals surface area (Å²) in [7, 11) is 0.